The second kappa shape index (κ2) is 8.56. The molecule has 0 aromatic carbocycles. The van der Waals surface area contributed by atoms with Gasteiger partial charge in [0.2, 0.25) is 10.0 Å². The topological polar surface area (TPSA) is 126 Å². The van der Waals surface area contributed by atoms with Crippen LogP contribution in [0.2, 0.25) is 0 Å². The second-order valence-corrected chi connectivity index (χ2v) is 7.76. The van der Waals surface area contributed by atoms with E-state index >= 15 is 0 Å². The van der Waals surface area contributed by atoms with Crippen molar-refractivity contribution in [3.05, 3.63) is 41.5 Å². The van der Waals surface area contributed by atoms with Gasteiger partial charge in [-0.05, 0) is 12.1 Å². The molecule has 13 heteroatoms. The summed E-state index contributed by atoms with van der Waals surface area (Å²) in [6, 6.07) is 3.74. The van der Waals surface area contributed by atoms with E-state index in [1.54, 1.807) is 12.4 Å². The molecule has 1 aliphatic rings. The van der Waals surface area contributed by atoms with Crippen molar-refractivity contribution in [1.29, 1.82) is 0 Å². The quantitative estimate of drug-likeness (QED) is 0.762. The molecule has 0 bridgehead atoms. The van der Waals surface area contributed by atoms with Crippen LogP contribution in [0.15, 0.2) is 29.0 Å². The second-order valence-electron chi connectivity index (χ2n) is 5.78. The Hall–Kier alpha value is -2.67. The predicted octanol–water partition coefficient (Wildman–Crippen LogP) is 1.63. The first-order valence-electron chi connectivity index (χ1n) is 7.84. The summed E-state index contributed by atoms with van der Waals surface area (Å²) >= 11 is 0. The fraction of sp³-hybridized carbons (Fsp3) is 0.400. The number of anilines is 1. The van der Waals surface area contributed by atoms with Gasteiger partial charge in [0.1, 0.15) is 11.5 Å². The molecule has 0 aliphatic carbocycles. The summed E-state index contributed by atoms with van der Waals surface area (Å²) in [6.07, 6.45) is 0.115. The van der Waals surface area contributed by atoms with Crippen molar-refractivity contribution in [3.63, 3.8) is 0 Å². The molecular formula is C15H17F3N4O5S. The lowest BCUT2D eigenvalue weighted by molar-refractivity contribution is -0.192. The molecule has 0 spiro atoms. The number of alkyl halides is 3. The highest BCUT2D eigenvalue weighted by atomic mass is 32.2. The number of fused-ring (bicyclic) bond motifs is 1. The van der Waals surface area contributed by atoms with Gasteiger partial charge in [0.25, 0.3) is 0 Å². The van der Waals surface area contributed by atoms with Crippen molar-refractivity contribution >= 4 is 21.7 Å². The summed E-state index contributed by atoms with van der Waals surface area (Å²) in [5, 5.41) is 14.4. The van der Waals surface area contributed by atoms with E-state index in [9.17, 15) is 21.6 Å². The highest BCUT2D eigenvalue weighted by Gasteiger charge is 2.38. The SMILES string of the molecule is CS(=O)(=O)N1CCc2onc(CNc3cccnc3)c2C1.O=C(O)C(F)(F)F. The van der Waals surface area contributed by atoms with Crippen molar-refractivity contribution in [2.75, 3.05) is 18.1 Å². The van der Waals surface area contributed by atoms with Crippen LogP contribution < -0.4 is 5.32 Å². The van der Waals surface area contributed by atoms with Gasteiger partial charge in [-0.15, -0.1) is 0 Å². The monoisotopic (exact) mass is 422 g/mol. The van der Waals surface area contributed by atoms with Crippen molar-refractivity contribution in [2.24, 2.45) is 0 Å². The maximum Gasteiger partial charge on any atom is 0.490 e. The number of nitrogens with one attached hydrogen (secondary N) is 1. The molecule has 1 aliphatic heterocycles. The van der Waals surface area contributed by atoms with E-state index in [-0.39, 0.29) is 0 Å². The highest BCUT2D eigenvalue weighted by molar-refractivity contribution is 7.88. The number of carboxylic acid groups (broad SMARTS) is 1. The van der Waals surface area contributed by atoms with Crippen LogP contribution in [0, 0.1) is 0 Å². The Bertz CT molecular complexity index is 916. The van der Waals surface area contributed by atoms with Crippen LogP contribution in [-0.4, -0.2) is 52.9 Å². The molecule has 0 saturated carbocycles. The highest BCUT2D eigenvalue weighted by Crippen LogP contribution is 2.24. The Balaban J connectivity index is 0.000000345. The number of hydrogen-bond donors (Lipinski definition) is 2. The minimum Gasteiger partial charge on any atom is -0.475 e. The number of aliphatic carboxylic acids is 1. The molecule has 0 radical (unpaired) electrons. The fourth-order valence-electron chi connectivity index (χ4n) is 2.31. The number of sulfonamides is 1. The van der Waals surface area contributed by atoms with E-state index in [1.165, 1.54) is 10.6 Å². The van der Waals surface area contributed by atoms with E-state index < -0.39 is 22.2 Å². The average molecular weight is 422 g/mol. The number of aromatic nitrogens is 2. The van der Waals surface area contributed by atoms with E-state index in [0.717, 1.165) is 22.7 Å². The molecule has 0 amide bonds. The predicted molar refractivity (Wildman–Crippen MR) is 90.7 cm³/mol. The number of rotatable bonds is 4. The number of hydrogen-bond acceptors (Lipinski definition) is 7. The zero-order chi connectivity index (χ0) is 20.9. The molecule has 0 fully saturated rings. The summed E-state index contributed by atoms with van der Waals surface area (Å²) in [4.78, 5) is 12.9. The number of carboxylic acids is 1. The number of carbonyl (C=O) groups is 1. The third-order valence-electron chi connectivity index (χ3n) is 3.71. The van der Waals surface area contributed by atoms with E-state index in [1.807, 2.05) is 12.1 Å². The zero-order valence-electron chi connectivity index (χ0n) is 14.6. The maximum absolute atomic E-state index is 11.7. The Morgan fingerprint density at radius 1 is 1.43 bits per heavy atom. The Morgan fingerprint density at radius 3 is 2.64 bits per heavy atom. The van der Waals surface area contributed by atoms with Crippen molar-refractivity contribution in [2.45, 2.75) is 25.7 Å². The summed E-state index contributed by atoms with van der Waals surface area (Å²) in [5.74, 6) is -1.98. The van der Waals surface area contributed by atoms with Crippen LogP contribution in [0.4, 0.5) is 18.9 Å². The first-order valence-corrected chi connectivity index (χ1v) is 9.68. The fourth-order valence-corrected chi connectivity index (χ4v) is 3.10. The molecule has 2 N–H and O–H groups in total. The Morgan fingerprint density at radius 2 is 2.11 bits per heavy atom. The summed E-state index contributed by atoms with van der Waals surface area (Å²) in [6.45, 7) is 1.24. The first-order chi connectivity index (χ1) is 13.0. The normalized spacial score (nSPS) is 14.6. The first kappa shape index (κ1) is 21.6. The standard InChI is InChI=1S/C13H16N4O3S.C2HF3O2/c1-21(18,19)17-6-4-13-11(9-17)12(16-20-13)8-15-10-3-2-5-14-7-10;3-2(4,5)1(6)7/h2-3,5,7,15H,4,6,8-9H2,1H3;(H,6,7). The van der Waals surface area contributed by atoms with Gasteiger partial charge in [-0.3, -0.25) is 4.98 Å². The van der Waals surface area contributed by atoms with Crippen LogP contribution in [-0.2, 0) is 34.3 Å². The van der Waals surface area contributed by atoms with Gasteiger partial charge in [0, 0.05) is 37.5 Å². The maximum atomic E-state index is 11.7. The average Bonchev–Trinajstić information content (AvgIpc) is 3.02. The van der Waals surface area contributed by atoms with Crippen LogP contribution in [0.5, 0.6) is 0 Å². The van der Waals surface area contributed by atoms with Gasteiger partial charge >= 0.3 is 12.1 Å². The van der Waals surface area contributed by atoms with Crippen molar-refractivity contribution < 1.29 is 36.0 Å². The molecule has 0 atom stereocenters. The number of halogens is 3. The molecule has 0 unspecified atom stereocenters. The van der Waals surface area contributed by atoms with Gasteiger partial charge in [-0.2, -0.15) is 17.5 Å². The lowest BCUT2D eigenvalue weighted by Crippen LogP contribution is -2.35. The molecule has 0 saturated heterocycles. The van der Waals surface area contributed by atoms with Crippen LogP contribution >= 0.6 is 0 Å². The third-order valence-corrected chi connectivity index (χ3v) is 4.96. The largest absolute Gasteiger partial charge is 0.490 e. The van der Waals surface area contributed by atoms with E-state index in [0.29, 0.717) is 26.1 Å². The van der Waals surface area contributed by atoms with E-state index in [2.05, 4.69) is 15.5 Å². The van der Waals surface area contributed by atoms with Crippen LogP contribution in [0.1, 0.15) is 17.0 Å². The van der Waals surface area contributed by atoms with Gasteiger partial charge < -0.3 is 14.9 Å². The Kier molecular flexibility index (Phi) is 6.61. The Labute approximate surface area is 158 Å². The summed E-state index contributed by atoms with van der Waals surface area (Å²) in [7, 11) is -3.20. The van der Waals surface area contributed by atoms with Gasteiger partial charge in [-0.25, -0.2) is 13.2 Å². The lowest BCUT2D eigenvalue weighted by atomic mass is 10.1. The molecular weight excluding hydrogens is 405 g/mol. The number of pyridine rings is 1. The smallest absolute Gasteiger partial charge is 0.475 e. The van der Waals surface area contributed by atoms with Crippen LogP contribution in [0.3, 0.4) is 0 Å². The minimum absolute atomic E-state index is 0.321. The van der Waals surface area contributed by atoms with Gasteiger partial charge in [-0.1, -0.05) is 5.16 Å². The molecule has 3 heterocycles. The minimum atomic E-state index is -5.08. The molecule has 9 nitrogen and oxygen atoms in total. The summed E-state index contributed by atoms with van der Waals surface area (Å²) in [5.41, 5.74) is 2.48. The molecule has 2 aromatic heterocycles. The van der Waals surface area contributed by atoms with Crippen LogP contribution in [0.25, 0.3) is 0 Å². The molecule has 2 aromatic rings. The molecule has 3 rings (SSSR count). The van der Waals surface area contributed by atoms with Gasteiger partial charge in [0.15, 0.2) is 0 Å². The third kappa shape index (κ3) is 5.92. The van der Waals surface area contributed by atoms with Crippen molar-refractivity contribution in [1.82, 2.24) is 14.4 Å². The van der Waals surface area contributed by atoms with Gasteiger partial charge in [0.05, 0.1) is 18.5 Å². The summed E-state index contributed by atoms with van der Waals surface area (Å²) < 4.78 is 61.8. The van der Waals surface area contributed by atoms with E-state index in [4.69, 9.17) is 14.4 Å². The lowest BCUT2D eigenvalue weighted by Gasteiger charge is -2.23. The molecule has 154 valence electrons. The van der Waals surface area contributed by atoms with Crippen molar-refractivity contribution in [3.8, 4) is 0 Å². The zero-order valence-corrected chi connectivity index (χ0v) is 15.4. The molecule has 28 heavy (non-hydrogen) atoms. The number of nitrogens with zero attached hydrogens (tertiary/aromatic N) is 3.